The van der Waals surface area contributed by atoms with Crippen molar-refractivity contribution in [1.29, 1.82) is 0 Å². The first kappa shape index (κ1) is 16.7. The molecule has 0 spiro atoms. The zero-order valence-corrected chi connectivity index (χ0v) is 13.6. The van der Waals surface area contributed by atoms with Crippen molar-refractivity contribution in [3.05, 3.63) is 12.2 Å². The summed E-state index contributed by atoms with van der Waals surface area (Å²) in [5.41, 5.74) is 0. The summed E-state index contributed by atoms with van der Waals surface area (Å²) in [6.07, 6.45) is 6.26. The molecule has 2 rings (SSSR count). The summed E-state index contributed by atoms with van der Waals surface area (Å²) in [5.74, 6) is 1.85. The molecule has 0 atom stereocenters. The van der Waals surface area contributed by atoms with Gasteiger partial charge in [0.2, 0.25) is 0 Å². The Bertz CT molecular complexity index is 464. The van der Waals surface area contributed by atoms with Crippen LogP contribution in [0.5, 0.6) is 0 Å². The average Bonchev–Trinajstić information content (AvgIpc) is 2.97. The van der Waals surface area contributed by atoms with E-state index in [1.807, 2.05) is 4.57 Å². The molecule has 1 aliphatic carbocycles. The fraction of sp³-hybridized carbons (Fsp3) is 0.800. The Morgan fingerprint density at radius 3 is 2.82 bits per heavy atom. The molecule has 0 aliphatic heterocycles. The van der Waals surface area contributed by atoms with Gasteiger partial charge in [-0.15, -0.1) is 10.2 Å². The monoisotopic (exact) mass is 308 g/mol. The van der Waals surface area contributed by atoms with Crippen LogP contribution < -0.4 is 10.6 Å². The highest BCUT2D eigenvalue weighted by atomic mass is 16.3. The van der Waals surface area contributed by atoms with Gasteiger partial charge in [-0.3, -0.25) is 4.99 Å². The summed E-state index contributed by atoms with van der Waals surface area (Å²) in [6.45, 7) is 6.46. The predicted molar refractivity (Wildman–Crippen MR) is 86.8 cm³/mol. The Kier molecular flexibility index (Phi) is 6.64. The van der Waals surface area contributed by atoms with Crippen molar-refractivity contribution in [2.75, 3.05) is 13.1 Å². The Balaban J connectivity index is 1.84. The Morgan fingerprint density at radius 2 is 2.14 bits per heavy atom. The molecular weight excluding hydrogens is 280 g/mol. The number of aliphatic hydroxyl groups excluding tert-OH is 1. The number of hydrogen-bond acceptors (Lipinski definition) is 4. The van der Waals surface area contributed by atoms with Crippen LogP contribution in [0.4, 0.5) is 0 Å². The third-order valence-electron chi connectivity index (χ3n) is 4.00. The zero-order valence-electron chi connectivity index (χ0n) is 13.6. The van der Waals surface area contributed by atoms with Crippen molar-refractivity contribution in [3.63, 3.8) is 0 Å². The Labute approximate surface area is 132 Å². The van der Waals surface area contributed by atoms with Crippen LogP contribution in [0.3, 0.4) is 0 Å². The van der Waals surface area contributed by atoms with Crippen molar-refractivity contribution < 1.29 is 5.11 Å². The molecule has 22 heavy (non-hydrogen) atoms. The third-order valence-corrected chi connectivity index (χ3v) is 4.00. The second-order valence-corrected chi connectivity index (χ2v) is 5.70. The van der Waals surface area contributed by atoms with E-state index in [2.05, 4.69) is 39.7 Å². The van der Waals surface area contributed by atoms with Gasteiger partial charge in [-0.05, 0) is 32.6 Å². The van der Waals surface area contributed by atoms with E-state index < -0.39 is 0 Å². The molecular formula is C15H28N6O. The molecule has 1 aromatic rings. The van der Waals surface area contributed by atoms with Crippen molar-refractivity contribution in [1.82, 2.24) is 25.4 Å². The lowest BCUT2D eigenvalue weighted by atomic mass is 9.93. The van der Waals surface area contributed by atoms with Gasteiger partial charge in [0.1, 0.15) is 12.2 Å². The molecule has 0 bridgehead atoms. The molecule has 3 N–H and O–H groups in total. The number of hydrogen-bond donors (Lipinski definition) is 3. The maximum absolute atomic E-state index is 9.57. The lowest BCUT2D eigenvalue weighted by Gasteiger charge is -2.27. The van der Waals surface area contributed by atoms with Crippen LogP contribution >= 0.6 is 0 Å². The SMILES string of the molecule is CCNC(=NCCn1cnnc1CC)NC1CCC(O)CC1. The number of nitrogens with one attached hydrogen (secondary N) is 2. The van der Waals surface area contributed by atoms with E-state index in [1.165, 1.54) is 0 Å². The lowest BCUT2D eigenvalue weighted by molar-refractivity contribution is 0.120. The average molecular weight is 308 g/mol. The summed E-state index contributed by atoms with van der Waals surface area (Å²) in [5, 5.41) is 24.3. The highest BCUT2D eigenvalue weighted by molar-refractivity contribution is 5.80. The zero-order chi connectivity index (χ0) is 15.8. The summed E-state index contributed by atoms with van der Waals surface area (Å²) < 4.78 is 2.05. The molecule has 0 unspecified atom stereocenters. The molecule has 1 saturated carbocycles. The molecule has 1 aromatic heterocycles. The number of aryl methyl sites for hydroxylation is 1. The third kappa shape index (κ3) is 4.98. The van der Waals surface area contributed by atoms with Gasteiger partial charge in [0, 0.05) is 25.6 Å². The van der Waals surface area contributed by atoms with Crippen LogP contribution in [0.2, 0.25) is 0 Å². The van der Waals surface area contributed by atoms with Gasteiger partial charge < -0.3 is 20.3 Å². The maximum Gasteiger partial charge on any atom is 0.191 e. The molecule has 7 heteroatoms. The molecule has 0 amide bonds. The van der Waals surface area contributed by atoms with Gasteiger partial charge in [-0.2, -0.15) is 0 Å². The molecule has 0 saturated heterocycles. The van der Waals surface area contributed by atoms with E-state index in [1.54, 1.807) is 6.33 Å². The largest absolute Gasteiger partial charge is 0.393 e. The predicted octanol–water partition coefficient (Wildman–Crippen LogP) is 0.699. The smallest absolute Gasteiger partial charge is 0.191 e. The molecule has 1 heterocycles. The summed E-state index contributed by atoms with van der Waals surface area (Å²) in [4.78, 5) is 4.63. The Morgan fingerprint density at radius 1 is 1.36 bits per heavy atom. The first-order valence-corrected chi connectivity index (χ1v) is 8.32. The van der Waals surface area contributed by atoms with Crippen molar-refractivity contribution in [2.45, 2.75) is 64.6 Å². The van der Waals surface area contributed by atoms with Crippen molar-refractivity contribution in [2.24, 2.45) is 4.99 Å². The lowest BCUT2D eigenvalue weighted by Crippen LogP contribution is -2.45. The van der Waals surface area contributed by atoms with Crippen molar-refractivity contribution >= 4 is 5.96 Å². The highest BCUT2D eigenvalue weighted by Crippen LogP contribution is 2.18. The molecule has 1 fully saturated rings. The van der Waals surface area contributed by atoms with E-state index in [9.17, 15) is 5.11 Å². The minimum Gasteiger partial charge on any atom is -0.393 e. The second-order valence-electron chi connectivity index (χ2n) is 5.70. The number of nitrogens with zero attached hydrogens (tertiary/aromatic N) is 4. The van der Waals surface area contributed by atoms with Crippen LogP contribution in [-0.2, 0) is 13.0 Å². The van der Waals surface area contributed by atoms with Gasteiger partial charge in [0.25, 0.3) is 0 Å². The van der Waals surface area contributed by atoms with Gasteiger partial charge in [-0.25, -0.2) is 0 Å². The minimum absolute atomic E-state index is 0.126. The fourth-order valence-corrected chi connectivity index (χ4v) is 2.74. The standard InChI is InChI=1S/C15H28N6O/c1-3-14-20-18-11-21(14)10-9-17-15(16-4-2)19-12-5-7-13(22)8-6-12/h11-13,22H,3-10H2,1-2H3,(H2,16,17,19). The molecule has 7 nitrogen and oxygen atoms in total. The number of aromatic nitrogens is 3. The quantitative estimate of drug-likeness (QED) is 0.532. The van der Waals surface area contributed by atoms with E-state index in [0.717, 1.165) is 57.0 Å². The van der Waals surface area contributed by atoms with E-state index in [0.29, 0.717) is 12.6 Å². The first-order chi connectivity index (χ1) is 10.7. The summed E-state index contributed by atoms with van der Waals surface area (Å²) >= 11 is 0. The normalized spacial score (nSPS) is 22.6. The summed E-state index contributed by atoms with van der Waals surface area (Å²) in [7, 11) is 0. The fourth-order valence-electron chi connectivity index (χ4n) is 2.74. The van der Waals surface area contributed by atoms with Crippen LogP contribution in [0.1, 0.15) is 45.4 Å². The topological polar surface area (TPSA) is 87.4 Å². The number of rotatable bonds is 6. The molecule has 0 radical (unpaired) electrons. The van der Waals surface area contributed by atoms with Gasteiger partial charge in [0.15, 0.2) is 5.96 Å². The first-order valence-electron chi connectivity index (χ1n) is 8.32. The van der Waals surface area contributed by atoms with E-state index in [4.69, 9.17) is 0 Å². The molecule has 0 aromatic carbocycles. The minimum atomic E-state index is -0.126. The van der Waals surface area contributed by atoms with Crippen LogP contribution in [0, 0.1) is 0 Å². The number of aliphatic imine (C=N–C) groups is 1. The number of guanidine groups is 1. The Hall–Kier alpha value is -1.63. The van der Waals surface area contributed by atoms with Crippen LogP contribution in [0.25, 0.3) is 0 Å². The van der Waals surface area contributed by atoms with Gasteiger partial charge >= 0.3 is 0 Å². The maximum atomic E-state index is 9.57. The highest BCUT2D eigenvalue weighted by Gasteiger charge is 2.19. The van der Waals surface area contributed by atoms with Crippen LogP contribution in [-0.4, -0.2) is 51.1 Å². The van der Waals surface area contributed by atoms with Crippen molar-refractivity contribution in [3.8, 4) is 0 Å². The molecule has 124 valence electrons. The summed E-state index contributed by atoms with van der Waals surface area (Å²) in [6, 6.07) is 0.405. The van der Waals surface area contributed by atoms with Gasteiger partial charge in [-0.1, -0.05) is 6.92 Å². The van der Waals surface area contributed by atoms with Gasteiger partial charge in [0.05, 0.1) is 12.6 Å². The second kappa shape index (κ2) is 8.73. The van der Waals surface area contributed by atoms with E-state index >= 15 is 0 Å². The van der Waals surface area contributed by atoms with E-state index in [-0.39, 0.29) is 6.10 Å². The molecule has 1 aliphatic rings. The number of aliphatic hydroxyl groups is 1. The van der Waals surface area contributed by atoms with Crippen LogP contribution in [0.15, 0.2) is 11.3 Å².